The van der Waals surface area contributed by atoms with Gasteiger partial charge in [-0.15, -0.1) is 0 Å². The third-order valence-corrected chi connectivity index (χ3v) is 2.40. The van der Waals surface area contributed by atoms with Crippen molar-refractivity contribution in [3.63, 3.8) is 0 Å². The van der Waals surface area contributed by atoms with Crippen LogP contribution in [0.2, 0.25) is 0 Å². The lowest BCUT2D eigenvalue weighted by Gasteiger charge is -2.32. The van der Waals surface area contributed by atoms with Crippen LogP contribution in [0.4, 0.5) is 4.79 Å². The van der Waals surface area contributed by atoms with E-state index in [9.17, 15) is 9.59 Å². The van der Waals surface area contributed by atoms with E-state index in [-0.39, 0.29) is 25.2 Å². The maximum absolute atomic E-state index is 11.5. The van der Waals surface area contributed by atoms with E-state index in [0.717, 1.165) is 12.8 Å². The molecule has 0 aromatic rings. The van der Waals surface area contributed by atoms with Gasteiger partial charge in [-0.2, -0.15) is 0 Å². The minimum Gasteiger partial charge on any atom is -0.447 e. The van der Waals surface area contributed by atoms with Crippen molar-refractivity contribution in [2.24, 2.45) is 0 Å². The first-order chi connectivity index (χ1) is 7.63. The quantitative estimate of drug-likeness (QED) is 0.698. The maximum atomic E-state index is 11.5. The molecule has 1 aliphatic heterocycles. The van der Waals surface area contributed by atoms with Gasteiger partial charge in [-0.3, -0.25) is 4.79 Å². The smallest absolute Gasteiger partial charge is 0.409 e. The van der Waals surface area contributed by atoms with Crippen LogP contribution in [0.3, 0.4) is 0 Å². The lowest BCUT2D eigenvalue weighted by atomic mass is 10.1. The summed E-state index contributed by atoms with van der Waals surface area (Å²) in [5.74, 6) is -0.0874. The number of carbonyl (C=O) groups excluding carboxylic acids is 2. The third-order valence-electron chi connectivity index (χ3n) is 2.40. The van der Waals surface area contributed by atoms with Crippen molar-refractivity contribution in [1.82, 2.24) is 10.2 Å². The minimum atomic E-state index is -0.427. The highest BCUT2D eigenvalue weighted by Crippen LogP contribution is 2.11. The molecule has 6 nitrogen and oxygen atoms in total. The van der Waals surface area contributed by atoms with E-state index in [1.807, 2.05) is 0 Å². The van der Waals surface area contributed by atoms with Gasteiger partial charge in [0, 0.05) is 26.1 Å². The summed E-state index contributed by atoms with van der Waals surface area (Å²) in [5.41, 5.74) is 0. The Kier molecular flexibility index (Phi) is 5.04. The first-order valence-electron chi connectivity index (χ1n) is 5.43. The molecule has 1 fully saturated rings. The van der Waals surface area contributed by atoms with Crippen molar-refractivity contribution >= 4 is 12.0 Å². The van der Waals surface area contributed by atoms with Gasteiger partial charge >= 0.3 is 6.09 Å². The fourth-order valence-electron chi connectivity index (χ4n) is 1.77. The fourth-order valence-corrected chi connectivity index (χ4v) is 1.77. The van der Waals surface area contributed by atoms with Crippen LogP contribution in [0.5, 0.6) is 0 Å². The molecule has 92 valence electrons. The SMILES string of the molecule is CC(=O)NC1CCCN(C(=O)OCCO)C1. The van der Waals surface area contributed by atoms with Gasteiger partial charge in [-0.05, 0) is 12.8 Å². The third kappa shape index (κ3) is 4.06. The standard InChI is InChI=1S/C10H18N2O4/c1-8(14)11-9-3-2-4-12(7-9)10(15)16-6-5-13/h9,13H,2-7H2,1H3,(H,11,14). The molecule has 1 saturated heterocycles. The Labute approximate surface area is 94.6 Å². The summed E-state index contributed by atoms with van der Waals surface area (Å²) in [6.07, 6.45) is 1.30. The monoisotopic (exact) mass is 230 g/mol. The van der Waals surface area contributed by atoms with Gasteiger partial charge in [0.25, 0.3) is 0 Å². The highest BCUT2D eigenvalue weighted by atomic mass is 16.6. The largest absolute Gasteiger partial charge is 0.447 e. The lowest BCUT2D eigenvalue weighted by Crippen LogP contribution is -2.49. The summed E-state index contributed by atoms with van der Waals surface area (Å²) in [6, 6.07) is 0.00734. The Morgan fingerprint density at radius 1 is 1.56 bits per heavy atom. The average molecular weight is 230 g/mol. The predicted octanol–water partition coefficient (Wildman–Crippen LogP) is -0.284. The van der Waals surface area contributed by atoms with Crippen molar-refractivity contribution in [3.8, 4) is 0 Å². The Morgan fingerprint density at radius 3 is 2.94 bits per heavy atom. The number of piperidine rings is 1. The number of ether oxygens (including phenoxy) is 1. The summed E-state index contributed by atoms with van der Waals surface area (Å²) in [6.45, 7) is 2.42. The zero-order valence-electron chi connectivity index (χ0n) is 9.44. The first-order valence-corrected chi connectivity index (χ1v) is 5.43. The van der Waals surface area contributed by atoms with Gasteiger partial charge in [-0.25, -0.2) is 4.79 Å². The van der Waals surface area contributed by atoms with E-state index in [1.165, 1.54) is 6.92 Å². The van der Waals surface area contributed by atoms with E-state index >= 15 is 0 Å². The number of carbonyl (C=O) groups is 2. The average Bonchev–Trinajstić information content (AvgIpc) is 2.25. The lowest BCUT2D eigenvalue weighted by molar-refractivity contribution is -0.120. The fraction of sp³-hybridized carbons (Fsp3) is 0.800. The minimum absolute atomic E-state index is 0.00734. The number of likely N-dealkylation sites (tertiary alicyclic amines) is 1. The van der Waals surface area contributed by atoms with E-state index in [4.69, 9.17) is 9.84 Å². The van der Waals surface area contributed by atoms with Crippen molar-refractivity contribution in [3.05, 3.63) is 0 Å². The molecule has 0 aromatic carbocycles. The highest BCUT2D eigenvalue weighted by molar-refractivity contribution is 5.73. The summed E-state index contributed by atoms with van der Waals surface area (Å²) >= 11 is 0. The molecule has 1 heterocycles. The topological polar surface area (TPSA) is 78.9 Å². The molecule has 0 saturated carbocycles. The number of nitrogens with one attached hydrogen (secondary N) is 1. The number of nitrogens with zero attached hydrogens (tertiary/aromatic N) is 1. The van der Waals surface area contributed by atoms with Crippen LogP contribution in [0.15, 0.2) is 0 Å². The van der Waals surface area contributed by atoms with Gasteiger partial charge in [0.1, 0.15) is 6.61 Å². The molecule has 1 unspecified atom stereocenters. The number of aliphatic hydroxyl groups is 1. The second-order valence-corrected chi connectivity index (χ2v) is 3.82. The van der Waals surface area contributed by atoms with E-state index in [0.29, 0.717) is 13.1 Å². The summed E-state index contributed by atoms with van der Waals surface area (Å²) in [7, 11) is 0. The zero-order chi connectivity index (χ0) is 12.0. The Bertz CT molecular complexity index is 257. The van der Waals surface area contributed by atoms with Crippen LogP contribution in [-0.2, 0) is 9.53 Å². The van der Waals surface area contributed by atoms with Gasteiger partial charge in [0.2, 0.25) is 5.91 Å². The van der Waals surface area contributed by atoms with Gasteiger partial charge < -0.3 is 20.1 Å². The van der Waals surface area contributed by atoms with Crippen molar-refractivity contribution in [1.29, 1.82) is 0 Å². The molecule has 0 radical (unpaired) electrons. The molecule has 1 atom stereocenters. The van der Waals surface area contributed by atoms with Crippen LogP contribution >= 0.6 is 0 Å². The van der Waals surface area contributed by atoms with Crippen LogP contribution in [0, 0.1) is 0 Å². The van der Waals surface area contributed by atoms with Gasteiger partial charge in [-0.1, -0.05) is 0 Å². The molecular weight excluding hydrogens is 212 g/mol. The Balaban J connectivity index is 2.37. The first kappa shape index (κ1) is 12.8. The van der Waals surface area contributed by atoms with Crippen LogP contribution < -0.4 is 5.32 Å². The van der Waals surface area contributed by atoms with Crippen LogP contribution in [0.25, 0.3) is 0 Å². The number of aliphatic hydroxyl groups excluding tert-OH is 1. The molecule has 0 bridgehead atoms. The van der Waals surface area contributed by atoms with Crippen molar-refractivity contribution in [2.75, 3.05) is 26.3 Å². The van der Waals surface area contributed by atoms with Crippen LogP contribution in [-0.4, -0.2) is 54.4 Å². The Morgan fingerprint density at radius 2 is 2.31 bits per heavy atom. The second kappa shape index (κ2) is 6.32. The summed E-state index contributed by atoms with van der Waals surface area (Å²) in [4.78, 5) is 23.9. The summed E-state index contributed by atoms with van der Waals surface area (Å²) in [5, 5.41) is 11.3. The number of hydrogen-bond donors (Lipinski definition) is 2. The molecule has 16 heavy (non-hydrogen) atoms. The van der Waals surface area contributed by atoms with Gasteiger partial charge in [0.15, 0.2) is 0 Å². The molecule has 6 heteroatoms. The molecule has 0 aliphatic carbocycles. The molecule has 0 aromatic heterocycles. The van der Waals surface area contributed by atoms with E-state index in [1.54, 1.807) is 4.90 Å². The number of amides is 2. The van der Waals surface area contributed by atoms with Crippen molar-refractivity contribution < 1.29 is 19.4 Å². The number of hydrogen-bond acceptors (Lipinski definition) is 4. The van der Waals surface area contributed by atoms with Crippen LogP contribution in [0.1, 0.15) is 19.8 Å². The predicted molar refractivity (Wildman–Crippen MR) is 56.8 cm³/mol. The normalized spacial score (nSPS) is 20.4. The number of rotatable bonds is 3. The second-order valence-electron chi connectivity index (χ2n) is 3.82. The molecule has 1 rings (SSSR count). The maximum Gasteiger partial charge on any atom is 0.409 e. The molecule has 2 N–H and O–H groups in total. The van der Waals surface area contributed by atoms with E-state index < -0.39 is 6.09 Å². The highest BCUT2D eigenvalue weighted by Gasteiger charge is 2.24. The molecule has 2 amide bonds. The molecule has 0 spiro atoms. The van der Waals surface area contributed by atoms with Gasteiger partial charge in [0.05, 0.1) is 6.61 Å². The molecular formula is C10H18N2O4. The summed E-state index contributed by atoms with van der Waals surface area (Å²) < 4.78 is 4.81. The Hall–Kier alpha value is -1.30. The van der Waals surface area contributed by atoms with Crippen molar-refractivity contribution in [2.45, 2.75) is 25.8 Å². The van der Waals surface area contributed by atoms with E-state index in [2.05, 4.69) is 5.32 Å². The molecule has 1 aliphatic rings. The zero-order valence-corrected chi connectivity index (χ0v) is 9.44.